The zero-order valence-electron chi connectivity index (χ0n) is 10.7. The number of aromatic nitrogens is 1. The van der Waals surface area contributed by atoms with Crippen molar-refractivity contribution in [2.24, 2.45) is 0 Å². The molecular weight excluding hydrogens is 278 g/mol. The van der Waals surface area contributed by atoms with Crippen LogP contribution in [0.3, 0.4) is 0 Å². The van der Waals surface area contributed by atoms with Gasteiger partial charge in [0.15, 0.2) is 0 Å². The summed E-state index contributed by atoms with van der Waals surface area (Å²) in [6, 6.07) is 4.36. The van der Waals surface area contributed by atoms with Crippen molar-refractivity contribution in [1.82, 2.24) is 10.3 Å². The summed E-state index contributed by atoms with van der Waals surface area (Å²) in [7, 11) is 0. The van der Waals surface area contributed by atoms with Crippen LogP contribution in [0.25, 0.3) is 0 Å². The molecule has 0 saturated heterocycles. The largest absolute Gasteiger partial charge is 0.478 e. The van der Waals surface area contributed by atoms with Crippen LogP contribution in [0.5, 0.6) is 0 Å². The Morgan fingerprint density at radius 3 is 2.85 bits per heavy atom. The normalized spacial score (nSPS) is 10.1. The van der Waals surface area contributed by atoms with Gasteiger partial charge in [-0.3, -0.25) is 0 Å². The number of nitrogens with zero attached hydrogens (tertiary/aromatic N) is 1. The Morgan fingerprint density at radius 2 is 2.20 bits per heavy atom. The Kier molecular flexibility index (Phi) is 4.31. The van der Waals surface area contributed by atoms with Crippen LogP contribution in [-0.4, -0.2) is 22.1 Å². The molecule has 1 heterocycles. The van der Waals surface area contributed by atoms with E-state index in [-0.39, 0.29) is 5.56 Å². The smallest absolute Gasteiger partial charge is 0.337 e. The minimum absolute atomic E-state index is 0.0637. The van der Waals surface area contributed by atoms with E-state index >= 15 is 0 Å². The van der Waals surface area contributed by atoms with Crippen molar-refractivity contribution in [3.05, 3.63) is 45.9 Å². The number of carbonyl (C=O) groups excluding carboxylic acids is 1. The predicted octanol–water partition coefficient (Wildman–Crippen LogP) is 2.47. The van der Waals surface area contributed by atoms with Crippen LogP contribution < -0.4 is 10.6 Å². The number of para-hydroxylation sites is 1. The molecule has 6 nitrogen and oxygen atoms in total. The first-order chi connectivity index (χ1) is 9.58. The average molecular weight is 291 g/mol. The first kappa shape index (κ1) is 14.0. The maximum atomic E-state index is 11.8. The third-order valence-electron chi connectivity index (χ3n) is 2.66. The maximum absolute atomic E-state index is 11.8. The quantitative estimate of drug-likeness (QED) is 0.807. The summed E-state index contributed by atoms with van der Waals surface area (Å²) in [5.41, 5.74) is 3.49. The van der Waals surface area contributed by atoms with E-state index in [0.717, 1.165) is 5.69 Å². The molecule has 1 aromatic carbocycles. The van der Waals surface area contributed by atoms with Crippen molar-refractivity contribution in [2.45, 2.75) is 13.5 Å². The fourth-order valence-electron chi connectivity index (χ4n) is 1.67. The van der Waals surface area contributed by atoms with Crippen molar-refractivity contribution < 1.29 is 14.7 Å². The summed E-state index contributed by atoms with van der Waals surface area (Å²) in [5.74, 6) is -1.08. The van der Waals surface area contributed by atoms with Gasteiger partial charge in [-0.25, -0.2) is 14.6 Å². The SMILES string of the molecule is Cc1cccc(C(=O)O)c1NC(=O)NCc1cscn1. The minimum atomic E-state index is -1.08. The fourth-order valence-corrected chi connectivity index (χ4v) is 2.22. The molecule has 2 aromatic rings. The van der Waals surface area contributed by atoms with Gasteiger partial charge in [0, 0.05) is 5.38 Å². The van der Waals surface area contributed by atoms with Gasteiger partial charge >= 0.3 is 12.0 Å². The molecule has 20 heavy (non-hydrogen) atoms. The summed E-state index contributed by atoms with van der Waals surface area (Å²) in [6.07, 6.45) is 0. The highest BCUT2D eigenvalue weighted by Crippen LogP contribution is 2.20. The van der Waals surface area contributed by atoms with Gasteiger partial charge in [-0.05, 0) is 18.6 Å². The summed E-state index contributed by atoms with van der Waals surface area (Å²) >= 11 is 1.44. The standard InChI is InChI=1S/C13H13N3O3S/c1-8-3-2-4-10(12(17)18)11(8)16-13(19)14-5-9-6-20-7-15-9/h2-4,6-7H,5H2,1H3,(H,17,18)(H2,14,16,19). The predicted molar refractivity (Wildman–Crippen MR) is 76.1 cm³/mol. The highest BCUT2D eigenvalue weighted by atomic mass is 32.1. The highest BCUT2D eigenvalue weighted by Gasteiger charge is 2.14. The van der Waals surface area contributed by atoms with Gasteiger partial charge < -0.3 is 15.7 Å². The molecule has 0 aliphatic carbocycles. The number of anilines is 1. The Hall–Kier alpha value is -2.41. The van der Waals surface area contributed by atoms with Crippen LogP contribution in [0.2, 0.25) is 0 Å². The van der Waals surface area contributed by atoms with Crippen molar-refractivity contribution in [1.29, 1.82) is 0 Å². The topological polar surface area (TPSA) is 91.3 Å². The van der Waals surface area contributed by atoms with E-state index in [2.05, 4.69) is 15.6 Å². The number of urea groups is 1. The number of rotatable bonds is 4. The number of thiazole rings is 1. The zero-order chi connectivity index (χ0) is 14.5. The number of aromatic carboxylic acids is 1. The lowest BCUT2D eigenvalue weighted by Crippen LogP contribution is -2.29. The van der Waals surface area contributed by atoms with E-state index in [4.69, 9.17) is 5.11 Å². The van der Waals surface area contributed by atoms with Crippen LogP contribution in [0, 0.1) is 6.92 Å². The number of benzene rings is 1. The number of hydrogen-bond donors (Lipinski definition) is 3. The lowest BCUT2D eigenvalue weighted by Gasteiger charge is -2.11. The minimum Gasteiger partial charge on any atom is -0.478 e. The van der Waals surface area contributed by atoms with Gasteiger partial charge in [0.1, 0.15) is 0 Å². The second-order valence-corrected chi connectivity index (χ2v) is 4.81. The molecule has 3 N–H and O–H groups in total. The number of carboxylic acids is 1. The van der Waals surface area contributed by atoms with E-state index in [1.807, 2.05) is 5.38 Å². The summed E-state index contributed by atoms with van der Waals surface area (Å²) in [6.45, 7) is 2.03. The van der Waals surface area contributed by atoms with Crippen LogP contribution >= 0.6 is 11.3 Å². The van der Waals surface area contributed by atoms with Crippen molar-refractivity contribution in [3.63, 3.8) is 0 Å². The fraction of sp³-hybridized carbons (Fsp3) is 0.154. The Balaban J connectivity index is 2.06. The van der Waals surface area contributed by atoms with E-state index in [1.54, 1.807) is 24.6 Å². The monoisotopic (exact) mass is 291 g/mol. The van der Waals surface area contributed by atoms with Crippen molar-refractivity contribution >= 4 is 29.0 Å². The third-order valence-corrected chi connectivity index (χ3v) is 3.29. The Labute approximate surface area is 119 Å². The van der Waals surface area contributed by atoms with Gasteiger partial charge in [0.2, 0.25) is 0 Å². The highest BCUT2D eigenvalue weighted by molar-refractivity contribution is 7.07. The number of amides is 2. The maximum Gasteiger partial charge on any atom is 0.337 e. The molecule has 0 aliphatic rings. The van der Waals surface area contributed by atoms with Crippen LogP contribution in [0.15, 0.2) is 29.1 Å². The Bertz CT molecular complexity index is 626. The lowest BCUT2D eigenvalue weighted by atomic mass is 10.1. The number of carboxylic acid groups (broad SMARTS) is 1. The first-order valence-corrected chi connectivity index (χ1v) is 6.77. The molecule has 0 fully saturated rings. The molecule has 0 saturated carbocycles. The van der Waals surface area contributed by atoms with Gasteiger partial charge in [-0.15, -0.1) is 11.3 Å². The van der Waals surface area contributed by atoms with Gasteiger partial charge in [0.05, 0.1) is 29.0 Å². The molecule has 0 radical (unpaired) electrons. The van der Waals surface area contributed by atoms with Crippen LogP contribution in [0.1, 0.15) is 21.6 Å². The number of aryl methyl sites for hydroxylation is 1. The second kappa shape index (κ2) is 6.16. The Morgan fingerprint density at radius 1 is 1.40 bits per heavy atom. The molecule has 0 spiro atoms. The zero-order valence-corrected chi connectivity index (χ0v) is 11.5. The van der Waals surface area contributed by atoms with Gasteiger partial charge in [0.25, 0.3) is 0 Å². The molecule has 2 rings (SSSR count). The van der Waals surface area contributed by atoms with Crippen LogP contribution in [-0.2, 0) is 6.54 Å². The van der Waals surface area contributed by atoms with Crippen LogP contribution in [0.4, 0.5) is 10.5 Å². The summed E-state index contributed by atoms with van der Waals surface area (Å²) in [4.78, 5) is 27.0. The number of nitrogens with one attached hydrogen (secondary N) is 2. The van der Waals surface area contributed by atoms with E-state index in [1.165, 1.54) is 17.4 Å². The molecule has 104 valence electrons. The second-order valence-electron chi connectivity index (χ2n) is 4.09. The molecule has 0 unspecified atom stereocenters. The van der Waals surface area contributed by atoms with E-state index in [9.17, 15) is 9.59 Å². The van der Waals surface area contributed by atoms with Crippen molar-refractivity contribution in [2.75, 3.05) is 5.32 Å². The molecule has 0 bridgehead atoms. The van der Waals surface area contributed by atoms with E-state index in [0.29, 0.717) is 17.8 Å². The molecule has 1 aromatic heterocycles. The van der Waals surface area contributed by atoms with Gasteiger partial charge in [-0.2, -0.15) is 0 Å². The lowest BCUT2D eigenvalue weighted by molar-refractivity contribution is 0.0698. The molecule has 0 aliphatic heterocycles. The molecule has 2 amide bonds. The third kappa shape index (κ3) is 3.33. The summed E-state index contributed by atoms with van der Waals surface area (Å²) < 4.78 is 0. The number of hydrogen-bond acceptors (Lipinski definition) is 4. The van der Waals surface area contributed by atoms with Gasteiger partial charge in [-0.1, -0.05) is 12.1 Å². The number of carbonyl (C=O) groups is 2. The van der Waals surface area contributed by atoms with E-state index < -0.39 is 12.0 Å². The van der Waals surface area contributed by atoms with Crippen molar-refractivity contribution in [3.8, 4) is 0 Å². The average Bonchev–Trinajstić information content (AvgIpc) is 2.91. The molecule has 0 atom stereocenters. The summed E-state index contributed by atoms with van der Waals surface area (Å²) in [5, 5.41) is 16.1. The first-order valence-electron chi connectivity index (χ1n) is 5.82. The molecule has 7 heteroatoms. The molecular formula is C13H13N3O3S.